The Balaban J connectivity index is 2.65. The lowest BCUT2D eigenvalue weighted by atomic mass is 10.1. The van der Waals surface area contributed by atoms with Crippen LogP contribution < -0.4 is 0 Å². The van der Waals surface area contributed by atoms with E-state index in [4.69, 9.17) is 9.62 Å². The van der Waals surface area contributed by atoms with Crippen LogP contribution in [0, 0.1) is 6.92 Å². The maximum atomic E-state index is 8.36. The fourth-order valence-corrected chi connectivity index (χ4v) is 1.32. The molecule has 0 aliphatic carbocycles. The molecule has 1 N–H and O–H groups in total. The summed E-state index contributed by atoms with van der Waals surface area (Å²) in [6, 6.07) is 5.62. The second-order valence-corrected chi connectivity index (χ2v) is 2.92. The SMILES string of the molecule is Cc1coc2ccc(C=NO)cc12. The normalized spacial score (nSPS) is 11.5. The number of rotatable bonds is 1. The van der Waals surface area contributed by atoms with Gasteiger partial charge in [0.2, 0.25) is 0 Å². The third kappa shape index (κ3) is 1.28. The molecule has 0 radical (unpaired) electrons. The molecule has 0 aliphatic heterocycles. The molecule has 13 heavy (non-hydrogen) atoms. The topological polar surface area (TPSA) is 45.7 Å². The van der Waals surface area contributed by atoms with Crippen LogP contribution in [0.4, 0.5) is 0 Å². The highest BCUT2D eigenvalue weighted by atomic mass is 16.4. The van der Waals surface area contributed by atoms with E-state index in [-0.39, 0.29) is 0 Å². The fraction of sp³-hybridized carbons (Fsp3) is 0.100. The molecule has 3 nitrogen and oxygen atoms in total. The molecule has 1 aromatic carbocycles. The van der Waals surface area contributed by atoms with Gasteiger partial charge in [-0.2, -0.15) is 0 Å². The second kappa shape index (κ2) is 2.94. The van der Waals surface area contributed by atoms with Crippen molar-refractivity contribution in [2.24, 2.45) is 5.16 Å². The van der Waals surface area contributed by atoms with Gasteiger partial charge in [-0.1, -0.05) is 5.16 Å². The Labute approximate surface area is 75.3 Å². The Morgan fingerprint density at radius 3 is 3.08 bits per heavy atom. The van der Waals surface area contributed by atoms with E-state index in [0.717, 1.165) is 22.1 Å². The zero-order valence-corrected chi connectivity index (χ0v) is 7.19. The molecule has 0 saturated heterocycles. The van der Waals surface area contributed by atoms with Crippen LogP contribution in [-0.4, -0.2) is 11.4 Å². The summed E-state index contributed by atoms with van der Waals surface area (Å²) < 4.78 is 5.27. The average molecular weight is 175 g/mol. The highest BCUT2D eigenvalue weighted by Crippen LogP contribution is 2.20. The Morgan fingerprint density at radius 2 is 2.31 bits per heavy atom. The minimum atomic E-state index is 0.854. The smallest absolute Gasteiger partial charge is 0.134 e. The first-order chi connectivity index (χ1) is 6.31. The van der Waals surface area contributed by atoms with Gasteiger partial charge >= 0.3 is 0 Å². The summed E-state index contributed by atoms with van der Waals surface area (Å²) in [6.07, 6.45) is 3.11. The summed E-state index contributed by atoms with van der Waals surface area (Å²) in [7, 11) is 0. The molecule has 0 fully saturated rings. The third-order valence-corrected chi connectivity index (χ3v) is 2.00. The van der Waals surface area contributed by atoms with Gasteiger partial charge in [0.05, 0.1) is 12.5 Å². The number of oxime groups is 1. The van der Waals surface area contributed by atoms with Crippen LogP contribution in [0.25, 0.3) is 11.0 Å². The van der Waals surface area contributed by atoms with Crippen LogP contribution in [0.3, 0.4) is 0 Å². The molecule has 2 aromatic rings. The lowest BCUT2D eigenvalue weighted by Crippen LogP contribution is -1.79. The zero-order chi connectivity index (χ0) is 9.26. The molecule has 1 heterocycles. The van der Waals surface area contributed by atoms with Crippen molar-refractivity contribution < 1.29 is 9.62 Å². The van der Waals surface area contributed by atoms with Gasteiger partial charge in [0.1, 0.15) is 5.58 Å². The number of aryl methyl sites for hydroxylation is 1. The van der Waals surface area contributed by atoms with Gasteiger partial charge in [-0.3, -0.25) is 0 Å². The van der Waals surface area contributed by atoms with Crippen LogP contribution in [0.5, 0.6) is 0 Å². The first-order valence-electron chi connectivity index (χ1n) is 3.96. The van der Waals surface area contributed by atoms with E-state index in [0.29, 0.717) is 0 Å². The van der Waals surface area contributed by atoms with Gasteiger partial charge in [-0.15, -0.1) is 0 Å². The molecule has 0 atom stereocenters. The molecule has 3 heteroatoms. The predicted molar refractivity (Wildman–Crippen MR) is 50.3 cm³/mol. The van der Waals surface area contributed by atoms with Crippen molar-refractivity contribution >= 4 is 17.2 Å². The summed E-state index contributed by atoms with van der Waals surface area (Å²) in [5, 5.41) is 12.4. The number of nitrogens with zero attached hydrogens (tertiary/aromatic N) is 1. The Kier molecular flexibility index (Phi) is 1.77. The van der Waals surface area contributed by atoms with Crippen LogP contribution in [0.2, 0.25) is 0 Å². The van der Waals surface area contributed by atoms with E-state index in [1.165, 1.54) is 6.21 Å². The van der Waals surface area contributed by atoms with E-state index in [2.05, 4.69) is 5.16 Å². The first-order valence-corrected chi connectivity index (χ1v) is 3.96. The lowest BCUT2D eigenvalue weighted by molar-refractivity contribution is 0.322. The lowest BCUT2D eigenvalue weighted by Gasteiger charge is -1.92. The van der Waals surface area contributed by atoms with E-state index in [9.17, 15) is 0 Å². The standard InChI is InChI=1S/C10H9NO2/c1-7-6-13-10-3-2-8(5-11-12)4-9(7)10/h2-6,12H,1H3. The molecule has 2 rings (SSSR count). The van der Waals surface area contributed by atoms with Gasteiger partial charge in [-0.25, -0.2) is 0 Å². The second-order valence-electron chi connectivity index (χ2n) is 2.92. The van der Waals surface area contributed by atoms with Gasteiger partial charge in [0.15, 0.2) is 0 Å². The van der Waals surface area contributed by atoms with Gasteiger partial charge in [-0.05, 0) is 36.2 Å². The number of benzene rings is 1. The Morgan fingerprint density at radius 1 is 1.46 bits per heavy atom. The highest BCUT2D eigenvalue weighted by Gasteiger charge is 2.01. The predicted octanol–water partition coefficient (Wildman–Crippen LogP) is 2.55. The molecule has 0 amide bonds. The van der Waals surface area contributed by atoms with Crippen molar-refractivity contribution in [3.63, 3.8) is 0 Å². The van der Waals surface area contributed by atoms with E-state index < -0.39 is 0 Å². The maximum Gasteiger partial charge on any atom is 0.134 e. The van der Waals surface area contributed by atoms with Gasteiger partial charge < -0.3 is 9.62 Å². The van der Waals surface area contributed by atoms with Crippen LogP contribution in [0.1, 0.15) is 11.1 Å². The summed E-state index contributed by atoms with van der Waals surface area (Å²) in [5.74, 6) is 0. The molecule has 66 valence electrons. The number of hydrogen-bond acceptors (Lipinski definition) is 3. The molecule has 0 bridgehead atoms. The van der Waals surface area contributed by atoms with E-state index in [1.807, 2.05) is 25.1 Å². The number of fused-ring (bicyclic) bond motifs is 1. The van der Waals surface area contributed by atoms with E-state index >= 15 is 0 Å². The van der Waals surface area contributed by atoms with Crippen molar-refractivity contribution in [3.8, 4) is 0 Å². The summed E-state index contributed by atoms with van der Waals surface area (Å²) in [5.41, 5.74) is 2.80. The monoisotopic (exact) mass is 175 g/mol. The van der Waals surface area contributed by atoms with Crippen molar-refractivity contribution in [1.29, 1.82) is 0 Å². The van der Waals surface area contributed by atoms with Crippen molar-refractivity contribution in [2.45, 2.75) is 6.92 Å². The Hall–Kier alpha value is -1.77. The summed E-state index contributed by atoms with van der Waals surface area (Å²) >= 11 is 0. The largest absolute Gasteiger partial charge is 0.464 e. The van der Waals surface area contributed by atoms with Crippen molar-refractivity contribution in [3.05, 3.63) is 35.6 Å². The minimum absolute atomic E-state index is 0.854. The van der Waals surface area contributed by atoms with Crippen LogP contribution >= 0.6 is 0 Å². The molecule has 0 aliphatic rings. The third-order valence-electron chi connectivity index (χ3n) is 2.00. The summed E-state index contributed by atoms with van der Waals surface area (Å²) in [4.78, 5) is 0. The van der Waals surface area contributed by atoms with E-state index in [1.54, 1.807) is 6.26 Å². The summed E-state index contributed by atoms with van der Waals surface area (Å²) in [6.45, 7) is 1.98. The highest BCUT2D eigenvalue weighted by molar-refractivity contribution is 5.89. The van der Waals surface area contributed by atoms with Gasteiger partial charge in [0, 0.05) is 5.39 Å². The van der Waals surface area contributed by atoms with Crippen molar-refractivity contribution in [1.82, 2.24) is 0 Å². The number of furan rings is 1. The average Bonchev–Trinajstić information content (AvgIpc) is 2.49. The minimum Gasteiger partial charge on any atom is -0.464 e. The maximum absolute atomic E-state index is 8.36. The fourth-order valence-electron chi connectivity index (χ4n) is 1.32. The van der Waals surface area contributed by atoms with Crippen molar-refractivity contribution in [2.75, 3.05) is 0 Å². The molecular weight excluding hydrogens is 166 g/mol. The molecule has 0 unspecified atom stereocenters. The van der Waals surface area contributed by atoms with Gasteiger partial charge in [0.25, 0.3) is 0 Å². The molecule has 0 spiro atoms. The Bertz CT molecular complexity index is 457. The molecule has 1 aromatic heterocycles. The van der Waals surface area contributed by atoms with Crippen LogP contribution in [-0.2, 0) is 0 Å². The van der Waals surface area contributed by atoms with Crippen LogP contribution in [0.15, 0.2) is 34.0 Å². The quantitative estimate of drug-likeness (QED) is 0.411. The molecule has 0 saturated carbocycles. The number of hydrogen-bond donors (Lipinski definition) is 1. The first kappa shape index (κ1) is 7.86. The zero-order valence-electron chi connectivity index (χ0n) is 7.19. The molecular formula is C10H9NO2.